The molecule has 1 aromatic carbocycles. The van der Waals surface area contributed by atoms with Crippen molar-refractivity contribution in [1.82, 2.24) is 0 Å². The number of β-amino-alcohol motifs (C(OH)–C–C–N with tert-alkyl or cyclic N) is 1. The van der Waals surface area contributed by atoms with E-state index in [2.05, 4.69) is 54.0 Å². The number of hydrogen-bond donors (Lipinski definition) is 1. The third-order valence-corrected chi connectivity index (χ3v) is 3.56. The zero-order valence-corrected chi connectivity index (χ0v) is 12.6. The lowest BCUT2D eigenvalue weighted by Gasteiger charge is -2.17. The van der Waals surface area contributed by atoms with Gasteiger partial charge in [-0.25, -0.2) is 0 Å². The van der Waals surface area contributed by atoms with Crippen molar-refractivity contribution >= 4 is 11.8 Å². The lowest BCUT2D eigenvalue weighted by molar-refractivity contribution is 0.198. The van der Waals surface area contributed by atoms with Crippen molar-refractivity contribution in [2.45, 2.75) is 19.4 Å². The second-order valence-electron chi connectivity index (χ2n) is 5.22. The fourth-order valence-electron chi connectivity index (χ4n) is 2.46. The number of rotatable bonds is 5. The Hall–Kier alpha value is -2.06. The van der Waals surface area contributed by atoms with Gasteiger partial charge in [0, 0.05) is 18.8 Å². The summed E-state index contributed by atoms with van der Waals surface area (Å²) in [5.41, 5.74) is 3.47. The number of benzene rings is 1. The molecule has 1 unspecified atom stereocenters. The Kier molecular flexibility index (Phi) is 5.59. The lowest BCUT2D eigenvalue weighted by Crippen LogP contribution is -2.20. The average molecular weight is 281 g/mol. The zero-order chi connectivity index (χ0) is 15.1. The third kappa shape index (κ3) is 4.47. The molecule has 1 atom stereocenters. The van der Waals surface area contributed by atoms with Crippen LogP contribution in [0.1, 0.15) is 18.9 Å². The number of hydrogen-bond acceptors (Lipinski definition) is 2. The Labute approximate surface area is 127 Å². The highest BCUT2D eigenvalue weighted by atomic mass is 16.3. The van der Waals surface area contributed by atoms with Crippen LogP contribution in [0.15, 0.2) is 66.8 Å². The minimum absolute atomic E-state index is 0.183. The van der Waals surface area contributed by atoms with Crippen molar-refractivity contribution in [3.8, 4) is 0 Å². The van der Waals surface area contributed by atoms with Crippen molar-refractivity contribution in [2.24, 2.45) is 0 Å². The van der Waals surface area contributed by atoms with E-state index in [0.717, 1.165) is 30.6 Å². The molecule has 1 aromatic rings. The first kappa shape index (κ1) is 15.3. The van der Waals surface area contributed by atoms with Gasteiger partial charge >= 0.3 is 0 Å². The Bertz CT molecular complexity index is 551. The van der Waals surface area contributed by atoms with E-state index in [9.17, 15) is 5.11 Å². The van der Waals surface area contributed by atoms with E-state index in [1.54, 1.807) is 6.08 Å². The molecule has 0 saturated carbocycles. The number of anilines is 1. The molecule has 1 heterocycles. The molecule has 0 radical (unpaired) electrons. The molecule has 1 fully saturated rings. The van der Waals surface area contributed by atoms with Gasteiger partial charge in [-0.3, -0.25) is 0 Å². The Balaban J connectivity index is 2.05. The Morgan fingerprint density at radius 1 is 1.29 bits per heavy atom. The molecular formula is C19H23NO. The summed E-state index contributed by atoms with van der Waals surface area (Å²) >= 11 is 0. The topological polar surface area (TPSA) is 23.5 Å². The van der Waals surface area contributed by atoms with E-state index in [1.807, 2.05) is 19.1 Å². The predicted octanol–water partition coefficient (Wildman–Crippen LogP) is 3.96. The molecule has 2 nitrogen and oxygen atoms in total. The maximum atomic E-state index is 9.59. The van der Waals surface area contributed by atoms with Crippen molar-refractivity contribution in [3.63, 3.8) is 0 Å². The standard InChI is InChI=1S/C19H23NO/c1-3-5-16(6-4-2)7-8-17-9-11-18(12-10-17)20-14-13-19(21)15-20/h3-12,19,21H,1,13-15H2,2H3/b6-4-,8-7+,16-5+. The van der Waals surface area contributed by atoms with Crippen LogP contribution in [0.25, 0.3) is 6.08 Å². The highest BCUT2D eigenvalue weighted by Crippen LogP contribution is 2.21. The van der Waals surface area contributed by atoms with E-state index in [1.165, 1.54) is 5.69 Å². The van der Waals surface area contributed by atoms with Gasteiger partial charge in [0.1, 0.15) is 0 Å². The Morgan fingerprint density at radius 2 is 2.05 bits per heavy atom. The largest absolute Gasteiger partial charge is 0.391 e. The summed E-state index contributed by atoms with van der Waals surface area (Å²) in [6, 6.07) is 8.45. The molecule has 0 aromatic heterocycles. The van der Waals surface area contributed by atoms with Gasteiger partial charge in [0.05, 0.1) is 6.10 Å². The summed E-state index contributed by atoms with van der Waals surface area (Å²) in [6.45, 7) is 7.41. The molecule has 110 valence electrons. The molecule has 0 aliphatic carbocycles. The molecule has 1 aliphatic heterocycles. The van der Waals surface area contributed by atoms with E-state index in [4.69, 9.17) is 0 Å². The van der Waals surface area contributed by atoms with E-state index in [-0.39, 0.29) is 6.10 Å². The quantitative estimate of drug-likeness (QED) is 0.826. The summed E-state index contributed by atoms with van der Waals surface area (Å²) in [5, 5.41) is 9.59. The molecule has 1 saturated heterocycles. The number of allylic oxidation sites excluding steroid dienone is 6. The zero-order valence-electron chi connectivity index (χ0n) is 12.6. The van der Waals surface area contributed by atoms with Gasteiger partial charge in [-0.05, 0) is 36.6 Å². The normalized spacial score (nSPS) is 19.8. The summed E-state index contributed by atoms with van der Waals surface area (Å²) in [6.07, 6.45) is 12.7. The van der Waals surface area contributed by atoms with Crippen LogP contribution in [-0.2, 0) is 0 Å². The van der Waals surface area contributed by atoms with Crippen molar-refractivity contribution in [2.75, 3.05) is 18.0 Å². The molecule has 21 heavy (non-hydrogen) atoms. The predicted molar refractivity (Wildman–Crippen MR) is 91.4 cm³/mol. The first-order valence-electron chi connectivity index (χ1n) is 7.39. The van der Waals surface area contributed by atoms with Gasteiger partial charge in [0.25, 0.3) is 0 Å². The SMILES string of the molecule is C=C/C=C(\C=C/C)/C=C/c1ccc(N2CCC(O)C2)cc1. The van der Waals surface area contributed by atoms with Crippen LogP contribution < -0.4 is 4.90 Å². The van der Waals surface area contributed by atoms with Crippen LogP contribution in [0.5, 0.6) is 0 Å². The summed E-state index contributed by atoms with van der Waals surface area (Å²) in [7, 11) is 0. The molecule has 0 amide bonds. The Morgan fingerprint density at radius 3 is 2.62 bits per heavy atom. The summed E-state index contributed by atoms with van der Waals surface area (Å²) < 4.78 is 0. The minimum Gasteiger partial charge on any atom is -0.391 e. The molecule has 2 rings (SSSR count). The summed E-state index contributed by atoms with van der Waals surface area (Å²) in [5.74, 6) is 0. The van der Waals surface area contributed by atoms with Crippen LogP contribution >= 0.6 is 0 Å². The molecular weight excluding hydrogens is 258 g/mol. The highest BCUT2D eigenvalue weighted by molar-refractivity contribution is 5.59. The third-order valence-electron chi connectivity index (χ3n) is 3.56. The minimum atomic E-state index is -0.183. The monoisotopic (exact) mass is 281 g/mol. The van der Waals surface area contributed by atoms with Gasteiger partial charge in [-0.2, -0.15) is 0 Å². The number of nitrogens with zero attached hydrogens (tertiary/aromatic N) is 1. The van der Waals surface area contributed by atoms with Crippen molar-refractivity contribution < 1.29 is 5.11 Å². The van der Waals surface area contributed by atoms with Gasteiger partial charge in [-0.15, -0.1) is 0 Å². The van der Waals surface area contributed by atoms with Gasteiger partial charge in [0.15, 0.2) is 0 Å². The van der Waals surface area contributed by atoms with Gasteiger partial charge in [0.2, 0.25) is 0 Å². The highest BCUT2D eigenvalue weighted by Gasteiger charge is 2.19. The van der Waals surface area contributed by atoms with Crippen LogP contribution in [0, 0.1) is 0 Å². The lowest BCUT2D eigenvalue weighted by atomic mass is 10.1. The molecule has 2 heteroatoms. The van der Waals surface area contributed by atoms with E-state index in [0.29, 0.717) is 0 Å². The molecule has 1 aliphatic rings. The van der Waals surface area contributed by atoms with Gasteiger partial charge < -0.3 is 10.0 Å². The number of aliphatic hydroxyl groups is 1. The molecule has 0 spiro atoms. The van der Waals surface area contributed by atoms with E-state index < -0.39 is 0 Å². The molecule has 0 bridgehead atoms. The number of aliphatic hydroxyl groups excluding tert-OH is 1. The maximum Gasteiger partial charge on any atom is 0.0731 e. The maximum absolute atomic E-state index is 9.59. The second kappa shape index (κ2) is 7.65. The second-order valence-corrected chi connectivity index (χ2v) is 5.22. The van der Waals surface area contributed by atoms with Crippen LogP contribution in [0.2, 0.25) is 0 Å². The van der Waals surface area contributed by atoms with E-state index >= 15 is 0 Å². The van der Waals surface area contributed by atoms with Crippen LogP contribution in [0.4, 0.5) is 5.69 Å². The first-order chi connectivity index (χ1) is 10.2. The van der Waals surface area contributed by atoms with Crippen LogP contribution in [-0.4, -0.2) is 24.3 Å². The van der Waals surface area contributed by atoms with Gasteiger partial charge in [-0.1, -0.05) is 55.2 Å². The van der Waals surface area contributed by atoms with Crippen molar-refractivity contribution in [1.29, 1.82) is 0 Å². The van der Waals surface area contributed by atoms with Crippen molar-refractivity contribution in [3.05, 3.63) is 72.4 Å². The average Bonchev–Trinajstić information content (AvgIpc) is 2.92. The molecule has 1 N–H and O–H groups in total. The fraction of sp³-hybridized carbons (Fsp3) is 0.263. The smallest absolute Gasteiger partial charge is 0.0731 e. The van der Waals surface area contributed by atoms with Crippen LogP contribution in [0.3, 0.4) is 0 Å². The fourth-order valence-corrected chi connectivity index (χ4v) is 2.46. The first-order valence-corrected chi connectivity index (χ1v) is 7.39. The summed E-state index contributed by atoms with van der Waals surface area (Å²) in [4.78, 5) is 2.22.